The second-order valence-electron chi connectivity index (χ2n) is 8.98. The number of H-pyrrole nitrogens is 1. The van der Waals surface area contributed by atoms with Gasteiger partial charge in [0.25, 0.3) is 0 Å². The van der Waals surface area contributed by atoms with Gasteiger partial charge in [0.15, 0.2) is 12.4 Å². The first-order chi connectivity index (χ1) is 17.8. The van der Waals surface area contributed by atoms with Gasteiger partial charge in [-0.25, -0.2) is 14.8 Å². The van der Waals surface area contributed by atoms with Gasteiger partial charge in [-0.3, -0.25) is 4.79 Å². The number of imidazole rings is 1. The molecular weight excluding hydrogens is 486 g/mol. The molecule has 0 bridgehead atoms. The van der Waals surface area contributed by atoms with E-state index in [0.29, 0.717) is 24.3 Å². The molecule has 0 aliphatic carbocycles. The maximum atomic E-state index is 13.1. The van der Waals surface area contributed by atoms with Gasteiger partial charge in [-0.2, -0.15) is 0 Å². The summed E-state index contributed by atoms with van der Waals surface area (Å²) in [5.74, 6) is 0.959. The maximum absolute atomic E-state index is 13.1. The van der Waals surface area contributed by atoms with Crippen LogP contribution in [-0.2, 0) is 16.0 Å². The summed E-state index contributed by atoms with van der Waals surface area (Å²) in [4.78, 5) is 37.4. The molecule has 0 fully saturated rings. The van der Waals surface area contributed by atoms with Crippen molar-refractivity contribution in [2.24, 2.45) is 0 Å². The highest BCUT2D eigenvalue weighted by atomic mass is 32.1. The number of Topliss-reactive ketones (excluding diaryl/α,β-unsaturated/α-hetero) is 1. The van der Waals surface area contributed by atoms with Crippen molar-refractivity contribution in [3.8, 4) is 17.1 Å². The van der Waals surface area contributed by atoms with E-state index in [1.165, 1.54) is 0 Å². The summed E-state index contributed by atoms with van der Waals surface area (Å²) in [6.45, 7) is 7.88. The lowest BCUT2D eigenvalue weighted by molar-refractivity contribution is -0.145. The molecule has 0 aliphatic rings. The van der Waals surface area contributed by atoms with Crippen LogP contribution in [0.2, 0.25) is 0 Å². The molecule has 3 aromatic carbocycles. The highest BCUT2D eigenvalue weighted by Crippen LogP contribution is 2.31. The van der Waals surface area contributed by atoms with Gasteiger partial charge in [-0.15, -0.1) is 11.3 Å². The first-order valence-corrected chi connectivity index (χ1v) is 12.9. The molecule has 0 aliphatic heterocycles. The standard InChI is InChI=1S/C29H27N3O4S/c1-5-35-27(34)15-36-21-10-16(2)28(17(3)11-21)29-31-22-8-7-20(14-23(22)32-29)25(33)13-19-6-9-26-24(12-19)30-18(4)37-26/h6-12,14H,5,13,15H2,1-4H3,(H,31,32). The zero-order valence-corrected chi connectivity index (χ0v) is 22.0. The van der Waals surface area contributed by atoms with Crippen LogP contribution in [0.25, 0.3) is 32.6 Å². The molecule has 7 nitrogen and oxygen atoms in total. The fraction of sp³-hybridized carbons (Fsp3) is 0.241. The smallest absolute Gasteiger partial charge is 0.344 e. The number of benzene rings is 3. The lowest BCUT2D eigenvalue weighted by Crippen LogP contribution is -2.14. The summed E-state index contributed by atoms with van der Waals surface area (Å²) in [5.41, 5.74) is 6.98. The minimum atomic E-state index is -0.400. The Bertz CT molecular complexity index is 1630. The Balaban J connectivity index is 1.36. The van der Waals surface area contributed by atoms with E-state index in [-0.39, 0.29) is 12.4 Å². The number of aryl methyl sites for hydroxylation is 3. The van der Waals surface area contributed by atoms with E-state index in [1.54, 1.807) is 18.3 Å². The topological polar surface area (TPSA) is 94.2 Å². The number of aromatic nitrogens is 3. The molecular formula is C29H27N3O4S. The Morgan fingerprint density at radius 3 is 2.49 bits per heavy atom. The van der Waals surface area contributed by atoms with Gasteiger partial charge in [-0.1, -0.05) is 6.07 Å². The van der Waals surface area contributed by atoms with Gasteiger partial charge in [-0.05, 0) is 86.8 Å². The van der Waals surface area contributed by atoms with E-state index >= 15 is 0 Å². The third kappa shape index (κ3) is 5.24. The lowest BCUT2D eigenvalue weighted by atomic mass is 10.0. The normalized spacial score (nSPS) is 11.2. The van der Waals surface area contributed by atoms with Gasteiger partial charge in [0.2, 0.25) is 0 Å². The Morgan fingerprint density at radius 2 is 1.73 bits per heavy atom. The summed E-state index contributed by atoms with van der Waals surface area (Å²) in [5, 5.41) is 1.02. The van der Waals surface area contributed by atoms with E-state index in [2.05, 4.69) is 9.97 Å². The van der Waals surface area contributed by atoms with Crippen LogP contribution in [0.15, 0.2) is 48.5 Å². The third-order valence-corrected chi connectivity index (χ3v) is 7.08. The molecule has 2 aromatic heterocycles. The summed E-state index contributed by atoms with van der Waals surface area (Å²) in [6.07, 6.45) is 0.310. The summed E-state index contributed by atoms with van der Waals surface area (Å²) < 4.78 is 11.7. The number of nitrogens with one attached hydrogen (secondary N) is 1. The van der Waals surface area contributed by atoms with Gasteiger partial charge >= 0.3 is 5.97 Å². The number of thiazole rings is 1. The van der Waals surface area contributed by atoms with Crippen molar-refractivity contribution in [1.29, 1.82) is 0 Å². The number of carbonyl (C=O) groups is 2. The first kappa shape index (κ1) is 24.6. The molecule has 5 aromatic rings. The largest absolute Gasteiger partial charge is 0.482 e. The van der Waals surface area contributed by atoms with Crippen molar-refractivity contribution in [1.82, 2.24) is 15.0 Å². The Kier molecular flexibility index (Phi) is 6.76. The van der Waals surface area contributed by atoms with Crippen LogP contribution in [-0.4, -0.2) is 39.9 Å². The van der Waals surface area contributed by atoms with Crippen LogP contribution >= 0.6 is 11.3 Å². The molecule has 1 N–H and O–H groups in total. The molecule has 0 spiro atoms. The van der Waals surface area contributed by atoms with Crippen molar-refractivity contribution >= 4 is 44.3 Å². The fourth-order valence-corrected chi connectivity index (χ4v) is 5.32. The third-order valence-electron chi connectivity index (χ3n) is 6.13. The highest BCUT2D eigenvalue weighted by Gasteiger charge is 2.15. The number of ketones is 1. The molecule has 188 valence electrons. The van der Waals surface area contributed by atoms with Crippen LogP contribution in [0.5, 0.6) is 5.75 Å². The number of nitrogens with zero attached hydrogens (tertiary/aromatic N) is 2. The SMILES string of the molecule is CCOC(=O)COc1cc(C)c(-c2nc3ccc(C(=O)Cc4ccc5sc(C)nc5c4)cc3[nH]2)c(C)c1. The second-order valence-corrected chi connectivity index (χ2v) is 10.2. The monoisotopic (exact) mass is 513 g/mol. The molecule has 0 radical (unpaired) electrons. The van der Waals surface area contributed by atoms with E-state index < -0.39 is 5.97 Å². The Hall–Kier alpha value is -4.04. The molecule has 2 heterocycles. The molecule has 0 unspecified atom stereocenters. The first-order valence-electron chi connectivity index (χ1n) is 12.1. The van der Waals surface area contributed by atoms with Crippen molar-refractivity contribution in [2.45, 2.75) is 34.1 Å². The number of hydrogen-bond acceptors (Lipinski definition) is 7. The zero-order valence-electron chi connectivity index (χ0n) is 21.2. The van der Waals surface area contributed by atoms with Crippen LogP contribution in [0.4, 0.5) is 0 Å². The van der Waals surface area contributed by atoms with Gasteiger partial charge in [0, 0.05) is 17.5 Å². The number of esters is 1. The highest BCUT2D eigenvalue weighted by molar-refractivity contribution is 7.18. The average molecular weight is 514 g/mol. The van der Waals surface area contributed by atoms with Crippen molar-refractivity contribution in [3.63, 3.8) is 0 Å². The summed E-state index contributed by atoms with van der Waals surface area (Å²) in [6, 6.07) is 15.3. The van der Waals surface area contributed by atoms with Gasteiger partial charge in [0.1, 0.15) is 11.6 Å². The zero-order chi connectivity index (χ0) is 26.1. The van der Waals surface area contributed by atoms with Crippen molar-refractivity contribution in [3.05, 3.63) is 75.8 Å². The molecule has 0 saturated carbocycles. The fourth-order valence-electron chi connectivity index (χ4n) is 4.51. The molecule has 5 rings (SSSR count). The van der Waals surface area contributed by atoms with E-state index in [0.717, 1.165) is 54.3 Å². The van der Waals surface area contributed by atoms with E-state index in [9.17, 15) is 9.59 Å². The van der Waals surface area contributed by atoms with Crippen LogP contribution in [0, 0.1) is 20.8 Å². The number of carbonyl (C=O) groups excluding carboxylic acids is 2. The summed E-state index contributed by atoms with van der Waals surface area (Å²) >= 11 is 1.65. The van der Waals surface area contributed by atoms with Crippen LogP contribution < -0.4 is 4.74 Å². The molecule has 8 heteroatoms. The minimum Gasteiger partial charge on any atom is -0.482 e. The van der Waals surface area contributed by atoms with E-state index in [4.69, 9.17) is 14.5 Å². The predicted octanol–water partition coefficient (Wildman–Crippen LogP) is 6.13. The summed E-state index contributed by atoms with van der Waals surface area (Å²) in [7, 11) is 0. The number of fused-ring (bicyclic) bond motifs is 2. The van der Waals surface area contributed by atoms with Crippen molar-refractivity contribution < 1.29 is 19.1 Å². The molecule has 0 saturated heterocycles. The molecule has 0 atom stereocenters. The van der Waals surface area contributed by atoms with Crippen LogP contribution in [0.1, 0.15) is 39.0 Å². The van der Waals surface area contributed by atoms with E-state index in [1.807, 2.05) is 69.3 Å². The minimum absolute atomic E-state index is 0.0415. The van der Waals surface area contributed by atoms with Crippen molar-refractivity contribution in [2.75, 3.05) is 13.2 Å². The Labute approximate surface area is 218 Å². The number of ether oxygens (including phenoxy) is 2. The number of aromatic amines is 1. The molecule has 37 heavy (non-hydrogen) atoms. The number of hydrogen-bond donors (Lipinski definition) is 1. The second kappa shape index (κ2) is 10.1. The number of rotatable bonds is 8. The predicted molar refractivity (Wildman–Crippen MR) is 146 cm³/mol. The van der Waals surface area contributed by atoms with Crippen LogP contribution in [0.3, 0.4) is 0 Å². The quantitative estimate of drug-likeness (QED) is 0.198. The van der Waals surface area contributed by atoms with Gasteiger partial charge in [0.05, 0.1) is 32.9 Å². The Morgan fingerprint density at radius 1 is 0.946 bits per heavy atom. The average Bonchev–Trinajstić information content (AvgIpc) is 3.43. The maximum Gasteiger partial charge on any atom is 0.344 e. The lowest BCUT2D eigenvalue weighted by Gasteiger charge is -2.12. The van der Waals surface area contributed by atoms with Gasteiger partial charge < -0.3 is 14.5 Å². The molecule has 0 amide bonds.